The molecule has 0 aliphatic heterocycles. The van der Waals surface area contributed by atoms with E-state index >= 15 is 0 Å². The maximum atomic E-state index is 12.9. The molecule has 0 aromatic heterocycles. The third-order valence-electron chi connectivity index (χ3n) is 1.65. The maximum absolute atomic E-state index is 12.9. The quantitative estimate of drug-likeness (QED) is 0.441. The Kier molecular flexibility index (Phi) is 5.45. The molecule has 5 heteroatoms. The molecular weight excluding hydrogens is 215 g/mol. The van der Waals surface area contributed by atoms with E-state index in [2.05, 4.69) is 0 Å². The van der Waals surface area contributed by atoms with Crippen LogP contribution in [-0.2, 0) is 4.74 Å². The lowest BCUT2D eigenvalue weighted by molar-refractivity contribution is 0.158. The molecule has 3 nitrogen and oxygen atoms in total. The summed E-state index contributed by atoms with van der Waals surface area (Å²) in [5, 5.41) is 0. The first-order valence-corrected chi connectivity index (χ1v) is 5.67. The van der Waals surface area contributed by atoms with Gasteiger partial charge < -0.3 is 16.2 Å². The smallest absolute Gasteiger partial charge is 0.126 e. The molecule has 0 saturated heterocycles. The number of halogens is 1. The molecule has 0 unspecified atom stereocenters. The van der Waals surface area contributed by atoms with Gasteiger partial charge in [0, 0.05) is 22.9 Å². The standard InChI is InChI=1S/C10H15FN2OS/c11-8-5-9(13)7-10(6-8)15-4-3-14-2-1-12/h5-7H,1-4,12-13H2. The first-order valence-electron chi connectivity index (χ1n) is 4.69. The fourth-order valence-electron chi connectivity index (χ4n) is 1.07. The van der Waals surface area contributed by atoms with Gasteiger partial charge in [0.15, 0.2) is 0 Å². The summed E-state index contributed by atoms with van der Waals surface area (Å²) in [4.78, 5) is 0.823. The van der Waals surface area contributed by atoms with Crippen molar-refractivity contribution in [3.8, 4) is 0 Å². The van der Waals surface area contributed by atoms with E-state index in [1.165, 1.54) is 23.9 Å². The van der Waals surface area contributed by atoms with E-state index in [1.807, 2.05) is 0 Å². The van der Waals surface area contributed by atoms with Crippen LogP contribution in [0.1, 0.15) is 0 Å². The van der Waals surface area contributed by atoms with Gasteiger partial charge in [-0.05, 0) is 18.2 Å². The van der Waals surface area contributed by atoms with Gasteiger partial charge in [0.2, 0.25) is 0 Å². The van der Waals surface area contributed by atoms with Crippen LogP contribution in [0.4, 0.5) is 10.1 Å². The van der Waals surface area contributed by atoms with Crippen LogP contribution >= 0.6 is 11.8 Å². The molecule has 0 heterocycles. The van der Waals surface area contributed by atoms with Crippen LogP contribution in [0, 0.1) is 5.82 Å². The molecule has 0 fully saturated rings. The van der Waals surface area contributed by atoms with Crippen molar-refractivity contribution in [1.29, 1.82) is 0 Å². The molecule has 4 N–H and O–H groups in total. The average Bonchev–Trinajstić information content (AvgIpc) is 2.16. The molecule has 1 aromatic carbocycles. The highest BCUT2D eigenvalue weighted by molar-refractivity contribution is 7.99. The van der Waals surface area contributed by atoms with Crippen LogP contribution in [-0.4, -0.2) is 25.5 Å². The minimum Gasteiger partial charge on any atom is -0.399 e. The Hall–Kier alpha value is -0.780. The molecule has 1 aromatic rings. The predicted molar refractivity (Wildman–Crippen MR) is 61.4 cm³/mol. The normalized spacial score (nSPS) is 10.5. The summed E-state index contributed by atoms with van der Waals surface area (Å²) in [6.45, 7) is 1.70. The largest absolute Gasteiger partial charge is 0.399 e. The second-order valence-corrected chi connectivity index (χ2v) is 4.14. The highest BCUT2D eigenvalue weighted by Crippen LogP contribution is 2.21. The van der Waals surface area contributed by atoms with Gasteiger partial charge in [0.1, 0.15) is 5.82 Å². The third kappa shape index (κ3) is 5.01. The number of nitrogens with two attached hydrogens (primary N) is 2. The summed E-state index contributed by atoms with van der Waals surface area (Å²) < 4.78 is 18.1. The molecule has 0 saturated carbocycles. The molecule has 1 rings (SSSR count). The Morgan fingerprint density at radius 3 is 2.73 bits per heavy atom. The third-order valence-corrected chi connectivity index (χ3v) is 2.59. The number of anilines is 1. The van der Waals surface area contributed by atoms with Gasteiger partial charge in [-0.25, -0.2) is 4.39 Å². The van der Waals surface area contributed by atoms with Crippen molar-refractivity contribution in [2.75, 3.05) is 31.2 Å². The topological polar surface area (TPSA) is 61.3 Å². The summed E-state index contributed by atoms with van der Waals surface area (Å²) in [6, 6.07) is 4.51. The van der Waals surface area contributed by atoms with Crippen LogP contribution in [0.2, 0.25) is 0 Å². The van der Waals surface area contributed by atoms with Crippen LogP contribution in [0.25, 0.3) is 0 Å². The van der Waals surface area contributed by atoms with Crippen molar-refractivity contribution in [3.63, 3.8) is 0 Å². The second kappa shape index (κ2) is 6.66. The Bertz CT molecular complexity index is 289. The maximum Gasteiger partial charge on any atom is 0.126 e. The lowest BCUT2D eigenvalue weighted by Gasteiger charge is -2.04. The zero-order valence-corrected chi connectivity index (χ0v) is 9.23. The Morgan fingerprint density at radius 1 is 1.27 bits per heavy atom. The lowest BCUT2D eigenvalue weighted by Crippen LogP contribution is -2.09. The molecule has 0 amide bonds. The number of ether oxygens (including phenoxy) is 1. The molecule has 0 aliphatic rings. The summed E-state index contributed by atoms with van der Waals surface area (Å²) in [5.74, 6) is 0.462. The van der Waals surface area contributed by atoms with Crippen molar-refractivity contribution in [2.24, 2.45) is 5.73 Å². The van der Waals surface area contributed by atoms with Crippen LogP contribution in [0.15, 0.2) is 23.1 Å². The predicted octanol–water partition coefficient (Wildman–Crippen LogP) is 1.48. The highest BCUT2D eigenvalue weighted by Gasteiger charge is 1.99. The number of hydrogen-bond donors (Lipinski definition) is 2. The zero-order valence-electron chi connectivity index (χ0n) is 8.41. The molecule has 0 spiro atoms. The average molecular weight is 230 g/mol. The zero-order chi connectivity index (χ0) is 11.1. The van der Waals surface area contributed by atoms with Gasteiger partial charge >= 0.3 is 0 Å². The van der Waals surface area contributed by atoms with Gasteiger partial charge in [-0.3, -0.25) is 0 Å². The minimum absolute atomic E-state index is 0.305. The van der Waals surface area contributed by atoms with Crippen molar-refractivity contribution < 1.29 is 9.13 Å². The van der Waals surface area contributed by atoms with Crippen molar-refractivity contribution in [3.05, 3.63) is 24.0 Å². The number of hydrogen-bond acceptors (Lipinski definition) is 4. The van der Waals surface area contributed by atoms with E-state index < -0.39 is 0 Å². The van der Waals surface area contributed by atoms with E-state index in [1.54, 1.807) is 6.07 Å². The van der Waals surface area contributed by atoms with Gasteiger partial charge in [-0.2, -0.15) is 0 Å². The van der Waals surface area contributed by atoms with Gasteiger partial charge in [-0.15, -0.1) is 11.8 Å². The molecule has 15 heavy (non-hydrogen) atoms. The van der Waals surface area contributed by atoms with Crippen LogP contribution in [0.3, 0.4) is 0 Å². The molecule has 0 radical (unpaired) electrons. The number of benzene rings is 1. The van der Waals surface area contributed by atoms with Crippen molar-refractivity contribution in [2.45, 2.75) is 4.90 Å². The van der Waals surface area contributed by atoms with Crippen molar-refractivity contribution in [1.82, 2.24) is 0 Å². The first-order chi connectivity index (χ1) is 7.22. The Morgan fingerprint density at radius 2 is 2.07 bits per heavy atom. The highest BCUT2D eigenvalue weighted by atomic mass is 32.2. The molecular formula is C10H15FN2OS. The summed E-state index contributed by atoms with van der Waals surface area (Å²) >= 11 is 1.51. The molecule has 0 aliphatic carbocycles. The van der Waals surface area contributed by atoms with E-state index in [0.717, 1.165) is 10.6 Å². The summed E-state index contributed by atoms with van der Waals surface area (Å²) in [7, 11) is 0. The van der Waals surface area contributed by atoms with Crippen LogP contribution < -0.4 is 11.5 Å². The monoisotopic (exact) mass is 230 g/mol. The van der Waals surface area contributed by atoms with E-state index in [9.17, 15) is 4.39 Å². The Labute approximate surface area is 93.0 Å². The fraction of sp³-hybridized carbons (Fsp3) is 0.400. The minimum atomic E-state index is -0.305. The van der Waals surface area contributed by atoms with E-state index in [-0.39, 0.29) is 5.82 Å². The summed E-state index contributed by atoms with van der Waals surface area (Å²) in [6.07, 6.45) is 0. The molecule has 84 valence electrons. The summed E-state index contributed by atoms with van der Waals surface area (Å²) in [5.41, 5.74) is 11.2. The number of rotatable bonds is 6. The van der Waals surface area contributed by atoms with Gasteiger partial charge in [0.25, 0.3) is 0 Å². The number of nitrogen functional groups attached to an aromatic ring is 1. The fourth-order valence-corrected chi connectivity index (χ4v) is 1.92. The lowest BCUT2D eigenvalue weighted by atomic mass is 10.3. The number of thioether (sulfide) groups is 1. The first kappa shape index (κ1) is 12.3. The SMILES string of the molecule is NCCOCCSc1cc(N)cc(F)c1. The second-order valence-electron chi connectivity index (χ2n) is 2.97. The molecule has 0 bridgehead atoms. The molecule has 0 atom stereocenters. The van der Waals surface area contributed by atoms with Crippen LogP contribution in [0.5, 0.6) is 0 Å². The van der Waals surface area contributed by atoms with E-state index in [4.69, 9.17) is 16.2 Å². The van der Waals surface area contributed by atoms with Crippen molar-refractivity contribution >= 4 is 17.4 Å². The Balaban J connectivity index is 2.31. The van der Waals surface area contributed by atoms with Gasteiger partial charge in [-0.1, -0.05) is 0 Å². The van der Waals surface area contributed by atoms with E-state index in [0.29, 0.717) is 25.4 Å². The van der Waals surface area contributed by atoms with Gasteiger partial charge in [0.05, 0.1) is 13.2 Å².